The lowest BCUT2D eigenvalue weighted by atomic mass is 9.69. The van der Waals surface area contributed by atoms with Gasteiger partial charge < -0.3 is 47.7 Å². The van der Waals surface area contributed by atoms with Gasteiger partial charge in [0.2, 0.25) is 0 Å². The molecular formula is C68H98N4O10. The fourth-order valence-corrected chi connectivity index (χ4v) is 9.37. The van der Waals surface area contributed by atoms with Gasteiger partial charge in [-0.2, -0.15) is 10.5 Å². The number of benzene rings is 5. The zero-order valence-electron chi connectivity index (χ0n) is 52.7. The second kappa shape index (κ2) is 41.0. The van der Waals surface area contributed by atoms with Gasteiger partial charge in [-0.05, 0) is 167 Å². The molecule has 0 bridgehead atoms. The predicted octanol–water partition coefficient (Wildman–Crippen LogP) is 13.3. The number of likely N-dealkylation sites (N-methyl/N-ethyl adjacent to an activating group) is 2. The summed E-state index contributed by atoms with van der Waals surface area (Å²) in [5.74, 6) is 3.59. The number of methoxy groups -OCH3 is 7. The quantitative estimate of drug-likeness (QED) is 0.0252. The fourth-order valence-electron chi connectivity index (χ4n) is 9.37. The maximum Gasteiger partial charge on any atom is 0.338 e. The van der Waals surface area contributed by atoms with Gasteiger partial charge in [-0.15, -0.1) is 0 Å². The van der Waals surface area contributed by atoms with E-state index in [0.29, 0.717) is 48.2 Å². The van der Waals surface area contributed by atoms with Crippen molar-refractivity contribution in [3.63, 3.8) is 0 Å². The van der Waals surface area contributed by atoms with Gasteiger partial charge in [0.1, 0.15) is 12.4 Å². The minimum absolute atomic E-state index is 0.137. The summed E-state index contributed by atoms with van der Waals surface area (Å²) in [5.41, 5.74) is 6.39. The molecule has 2 unspecified atom stereocenters. The summed E-state index contributed by atoms with van der Waals surface area (Å²) >= 11 is 0. The Labute approximate surface area is 493 Å². The highest BCUT2D eigenvalue weighted by atomic mass is 16.5. The van der Waals surface area contributed by atoms with E-state index < -0.39 is 10.8 Å². The van der Waals surface area contributed by atoms with Crippen LogP contribution in [0, 0.1) is 41.4 Å². The van der Waals surface area contributed by atoms with Gasteiger partial charge >= 0.3 is 5.97 Å². The molecule has 0 heterocycles. The summed E-state index contributed by atoms with van der Waals surface area (Å²) in [4.78, 5) is 25.6. The van der Waals surface area contributed by atoms with Gasteiger partial charge in [0.15, 0.2) is 23.0 Å². The Morgan fingerprint density at radius 2 is 1.09 bits per heavy atom. The van der Waals surface area contributed by atoms with Gasteiger partial charge in [0, 0.05) is 20.2 Å². The molecule has 0 amide bonds. The third-order valence-electron chi connectivity index (χ3n) is 14.4. The molecular weight excluding hydrogens is 1030 g/mol. The van der Waals surface area contributed by atoms with Crippen LogP contribution >= 0.6 is 0 Å². The molecule has 14 nitrogen and oxygen atoms in total. The Morgan fingerprint density at radius 1 is 0.598 bits per heavy atom. The molecule has 14 heteroatoms. The van der Waals surface area contributed by atoms with Crippen LogP contribution < -0.4 is 23.7 Å². The van der Waals surface area contributed by atoms with Crippen LogP contribution in [0.1, 0.15) is 118 Å². The second-order valence-electron chi connectivity index (χ2n) is 20.2. The van der Waals surface area contributed by atoms with Crippen molar-refractivity contribution in [1.82, 2.24) is 9.80 Å². The number of carbonyl (C=O) groups is 2. The molecule has 2 atom stereocenters. The number of esters is 1. The number of hydrogen-bond donors (Lipinski definition) is 0. The van der Waals surface area contributed by atoms with Crippen molar-refractivity contribution in [3.8, 4) is 40.9 Å². The van der Waals surface area contributed by atoms with Crippen LogP contribution in [-0.4, -0.2) is 125 Å². The number of nitrogens with zero attached hydrogens (tertiary/aromatic N) is 4. The monoisotopic (exact) mass is 1130 g/mol. The largest absolute Gasteiger partial charge is 0.493 e. The fraction of sp³-hybridized carbons (Fsp3) is 0.500. The van der Waals surface area contributed by atoms with E-state index in [9.17, 15) is 15.3 Å². The topological polar surface area (TPSA) is 162 Å². The average Bonchev–Trinajstić information content (AvgIpc) is 3.69. The van der Waals surface area contributed by atoms with Crippen molar-refractivity contribution >= 4 is 12.4 Å². The maximum absolute atomic E-state index is 12.0. The van der Waals surface area contributed by atoms with E-state index in [1.807, 2.05) is 99.6 Å². The molecule has 0 aliphatic heterocycles. The van der Waals surface area contributed by atoms with Crippen molar-refractivity contribution in [2.24, 2.45) is 11.8 Å². The molecule has 5 rings (SSSR count). The summed E-state index contributed by atoms with van der Waals surface area (Å²) < 4.78 is 40.7. The van der Waals surface area contributed by atoms with Gasteiger partial charge in [0.25, 0.3) is 6.47 Å². The van der Waals surface area contributed by atoms with E-state index in [2.05, 4.69) is 99.7 Å². The highest BCUT2D eigenvalue weighted by Gasteiger charge is 2.37. The van der Waals surface area contributed by atoms with Crippen LogP contribution in [0.15, 0.2) is 109 Å². The minimum atomic E-state index is -0.613. The Hall–Kier alpha value is -7.10. The zero-order valence-corrected chi connectivity index (χ0v) is 52.7. The summed E-state index contributed by atoms with van der Waals surface area (Å²) in [5, 5.41) is 20.5. The molecule has 0 N–H and O–H groups in total. The standard InChI is InChI=1S/C27H36N2O4.C27H38N2O2.C10H14O2.C2H4O2.C2H6/c1-20(2)27(19-28,22-12-13-24(31-4)25(18-22)32-5)15-9-16-29(3)17-14-21-10-7-8-11-23(21)26(30)33-6;1-7-22-10-8-11-23(18-22)14-17-29(4)16-9-15-27(20-28,21(2)3)24-12-13-25(30-5)26(19-24)31-6;1-9-4-3-5-10(8-9)12-7-6-11-2;1-4-2-3;1-2/h7-8,10-13,18,20H,9,14-17H2,1-6H3;8,10-13,18-19,21H,7,9,14-17H2,1-6H3;3-5,8H,6-7H2,1-2H3;2H,1H3;1-2H3. The van der Waals surface area contributed by atoms with E-state index in [-0.39, 0.29) is 17.8 Å². The second-order valence-corrected chi connectivity index (χ2v) is 20.2. The van der Waals surface area contributed by atoms with E-state index in [4.69, 9.17) is 38.0 Å². The number of aryl methyl sites for hydroxylation is 2. The average molecular weight is 1130 g/mol. The lowest BCUT2D eigenvalue weighted by Gasteiger charge is -2.32. The summed E-state index contributed by atoms with van der Waals surface area (Å²) in [6, 6.07) is 41.3. The van der Waals surface area contributed by atoms with Gasteiger partial charge in [-0.1, -0.05) is 115 Å². The Kier molecular flexibility index (Phi) is 36.4. The van der Waals surface area contributed by atoms with Gasteiger partial charge in [0.05, 0.1) is 77.8 Å². The lowest BCUT2D eigenvalue weighted by Crippen LogP contribution is -2.32. The first-order valence-electron chi connectivity index (χ1n) is 28.5. The summed E-state index contributed by atoms with van der Waals surface area (Å²) in [6.07, 6.45) is 6.26. The number of carbonyl (C=O) groups excluding carboxylic acids is 2. The zero-order chi connectivity index (χ0) is 61.5. The third kappa shape index (κ3) is 23.8. The van der Waals surface area contributed by atoms with E-state index in [1.54, 1.807) is 41.6 Å². The Balaban J connectivity index is 0.000000633. The normalized spacial score (nSPS) is 11.9. The number of nitriles is 2. The molecule has 5 aromatic carbocycles. The van der Waals surface area contributed by atoms with Crippen LogP contribution in [-0.2, 0) is 49.1 Å². The van der Waals surface area contributed by atoms with E-state index >= 15 is 0 Å². The summed E-state index contributed by atoms with van der Waals surface area (Å²) in [6.45, 7) is 21.9. The molecule has 0 saturated carbocycles. The number of rotatable bonds is 29. The smallest absolute Gasteiger partial charge is 0.338 e. The molecule has 0 spiro atoms. The first-order chi connectivity index (χ1) is 39.5. The van der Waals surface area contributed by atoms with Crippen LogP contribution in [0.4, 0.5) is 0 Å². The van der Waals surface area contributed by atoms with E-state index in [1.165, 1.54) is 30.9 Å². The first-order valence-corrected chi connectivity index (χ1v) is 28.5. The van der Waals surface area contributed by atoms with Crippen LogP contribution in [0.2, 0.25) is 0 Å². The van der Waals surface area contributed by atoms with Gasteiger partial charge in [-0.3, -0.25) is 4.79 Å². The van der Waals surface area contributed by atoms with Crippen molar-refractivity contribution in [2.75, 3.05) is 103 Å². The molecule has 5 aromatic rings. The van der Waals surface area contributed by atoms with Crippen molar-refractivity contribution in [1.29, 1.82) is 10.5 Å². The number of hydrogen-bond acceptors (Lipinski definition) is 14. The Morgan fingerprint density at radius 3 is 1.52 bits per heavy atom. The summed E-state index contributed by atoms with van der Waals surface area (Å²) in [7, 11) is 15.1. The van der Waals surface area contributed by atoms with Crippen LogP contribution in [0.5, 0.6) is 28.7 Å². The van der Waals surface area contributed by atoms with Crippen molar-refractivity contribution in [2.45, 2.75) is 111 Å². The minimum Gasteiger partial charge on any atom is -0.493 e. The highest BCUT2D eigenvalue weighted by molar-refractivity contribution is 5.91. The highest BCUT2D eigenvalue weighted by Crippen LogP contribution is 2.42. The van der Waals surface area contributed by atoms with E-state index in [0.717, 1.165) is 93.6 Å². The molecule has 0 fully saturated rings. The van der Waals surface area contributed by atoms with Crippen LogP contribution in [0.3, 0.4) is 0 Å². The third-order valence-corrected chi connectivity index (χ3v) is 14.4. The first kappa shape index (κ1) is 72.9. The molecule has 0 saturated heterocycles. The maximum atomic E-state index is 12.0. The predicted molar refractivity (Wildman–Crippen MR) is 331 cm³/mol. The molecule has 82 heavy (non-hydrogen) atoms. The van der Waals surface area contributed by atoms with Gasteiger partial charge in [-0.25, -0.2) is 4.79 Å². The van der Waals surface area contributed by atoms with Crippen molar-refractivity contribution in [3.05, 3.63) is 148 Å². The Bertz CT molecular complexity index is 2660. The van der Waals surface area contributed by atoms with Crippen molar-refractivity contribution < 1.29 is 47.5 Å². The molecule has 450 valence electrons. The molecule has 0 radical (unpaired) electrons. The van der Waals surface area contributed by atoms with Crippen LogP contribution in [0.25, 0.3) is 0 Å². The number of ether oxygens (including phenoxy) is 8. The molecule has 0 aliphatic carbocycles. The molecule has 0 aliphatic rings. The SMILES string of the molecule is CC.CCc1cccc(CCN(C)CCCC(C#N)(c2ccc(OC)c(OC)c2)C(C)C)c1.COC(=O)c1ccccc1CCN(C)CCCC(C#N)(c1ccc(OC)c(OC)c1)C(C)C.COC=O.COCCOc1cccc(C)c1. The molecule has 0 aromatic heterocycles. The lowest BCUT2D eigenvalue weighted by molar-refractivity contribution is -0.126.